The summed E-state index contributed by atoms with van der Waals surface area (Å²) in [5.41, 5.74) is 1.04. The van der Waals surface area contributed by atoms with Gasteiger partial charge in [-0.15, -0.1) is 0 Å². The average molecular weight is 381 g/mol. The summed E-state index contributed by atoms with van der Waals surface area (Å²) in [7, 11) is 0. The SMILES string of the molecule is O=C(c1ccc(=O)[nH]c1)N1CCC[C@@H](c2ncc(Cc3cccc(F)c3)o2)C1. The third-order valence-electron chi connectivity index (χ3n) is 4.93. The van der Waals surface area contributed by atoms with E-state index in [1.807, 2.05) is 6.07 Å². The fraction of sp³-hybridized carbons (Fsp3) is 0.286. The Bertz CT molecular complexity index is 1020. The van der Waals surface area contributed by atoms with Crippen LogP contribution in [0.25, 0.3) is 0 Å². The van der Waals surface area contributed by atoms with E-state index >= 15 is 0 Å². The van der Waals surface area contributed by atoms with Crippen LogP contribution in [0, 0.1) is 5.82 Å². The van der Waals surface area contributed by atoms with E-state index in [4.69, 9.17) is 4.42 Å². The normalized spacial score (nSPS) is 16.9. The molecule has 1 atom stereocenters. The molecule has 3 heterocycles. The standard InChI is InChI=1S/C21H20FN3O3/c22-17-5-1-3-14(9-17)10-18-12-24-20(28-18)16-4-2-8-25(13-16)21(27)15-6-7-19(26)23-11-15/h1,3,5-7,9,11-12,16H,2,4,8,10,13H2,(H,23,26)/t16-/m1/s1. The quantitative estimate of drug-likeness (QED) is 0.753. The molecule has 2 aromatic heterocycles. The van der Waals surface area contributed by atoms with Crippen LogP contribution < -0.4 is 5.56 Å². The number of carbonyl (C=O) groups is 1. The van der Waals surface area contributed by atoms with Crippen LogP contribution in [0.4, 0.5) is 4.39 Å². The topological polar surface area (TPSA) is 79.2 Å². The highest BCUT2D eigenvalue weighted by molar-refractivity contribution is 5.93. The van der Waals surface area contributed by atoms with Gasteiger partial charge in [-0.05, 0) is 36.6 Å². The predicted octanol–water partition coefficient (Wildman–Crippen LogP) is 3.11. The summed E-state index contributed by atoms with van der Waals surface area (Å²) >= 11 is 0. The molecule has 1 N–H and O–H groups in total. The first-order valence-electron chi connectivity index (χ1n) is 9.25. The Hall–Kier alpha value is -3.22. The smallest absolute Gasteiger partial charge is 0.255 e. The van der Waals surface area contributed by atoms with Gasteiger partial charge in [0.25, 0.3) is 5.91 Å². The van der Waals surface area contributed by atoms with Crippen molar-refractivity contribution in [1.82, 2.24) is 14.9 Å². The monoisotopic (exact) mass is 381 g/mol. The van der Waals surface area contributed by atoms with Gasteiger partial charge in [-0.25, -0.2) is 9.37 Å². The molecule has 0 aliphatic carbocycles. The number of carbonyl (C=O) groups excluding carboxylic acids is 1. The molecular formula is C21H20FN3O3. The highest BCUT2D eigenvalue weighted by Gasteiger charge is 2.28. The third-order valence-corrected chi connectivity index (χ3v) is 4.93. The zero-order valence-electron chi connectivity index (χ0n) is 15.2. The molecule has 0 bridgehead atoms. The lowest BCUT2D eigenvalue weighted by Gasteiger charge is -2.31. The third kappa shape index (κ3) is 4.03. The van der Waals surface area contributed by atoms with Crippen molar-refractivity contribution in [3.05, 3.63) is 87.7 Å². The molecule has 0 radical (unpaired) electrons. The number of benzene rings is 1. The van der Waals surface area contributed by atoms with Crippen LogP contribution in [-0.4, -0.2) is 33.9 Å². The number of H-pyrrole nitrogens is 1. The van der Waals surface area contributed by atoms with Crippen molar-refractivity contribution in [2.45, 2.75) is 25.2 Å². The summed E-state index contributed by atoms with van der Waals surface area (Å²) in [6.07, 6.45) is 5.31. The van der Waals surface area contributed by atoms with Crippen molar-refractivity contribution in [3.63, 3.8) is 0 Å². The molecule has 7 heteroatoms. The number of likely N-dealkylation sites (tertiary alicyclic amines) is 1. The molecule has 1 saturated heterocycles. The summed E-state index contributed by atoms with van der Waals surface area (Å²) in [4.78, 5) is 32.6. The summed E-state index contributed by atoms with van der Waals surface area (Å²) in [5.74, 6) is 0.894. The first-order chi connectivity index (χ1) is 13.6. The zero-order valence-corrected chi connectivity index (χ0v) is 15.2. The minimum Gasteiger partial charge on any atom is -0.445 e. The van der Waals surface area contributed by atoms with Gasteiger partial charge in [-0.2, -0.15) is 0 Å². The molecule has 1 aliphatic rings. The fourth-order valence-corrected chi connectivity index (χ4v) is 3.53. The molecule has 144 valence electrons. The molecule has 4 rings (SSSR count). The van der Waals surface area contributed by atoms with Crippen molar-refractivity contribution in [2.24, 2.45) is 0 Å². The highest BCUT2D eigenvalue weighted by Crippen LogP contribution is 2.28. The van der Waals surface area contributed by atoms with E-state index in [1.54, 1.807) is 17.2 Å². The summed E-state index contributed by atoms with van der Waals surface area (Å²) in [5, 5.41) is 0. The number of halogens is 1. The van der Waals surface area contributed by atoms with E-state index in [9.17, 15) is 14.0 Å². The Morgan fingerprint density at radius 3 is 3.00 bits per heavy atom. The number of piperidine rings is 1. The van der Waals surface area contributed by atoms with Crippen LogP contribution >= 0.6 is 0 Å². The Labute approximate surface area is 161 Å². The molecule has 28 heavy (non-hydrogen) atoms. The molecule has 1 amide bonds. The number of nitrogens with one attached hydrogen (secondary N) is 1. The van der Waals surface area contributed by atoms with Crippen LogP contribution in [0.1, 0.15) is 46.3 Å². The number of aromatic amines is 1. The number of rotatable bonds is 4. The van der Waals surface area contributed by atoms with E-state index in [1.165, 1.54) is 30.5 Å². The lowest BCUT2D eigenvalue weighted by molar-refractivity contribution is 0.0697. The van der Waals surface area contributed by atoms with Crippen molar-refractivity contribution >= 4 is 5.91 Å². The van der Waals surface area contributed by atoms with Crippen molar-refractivity contribution in [3.8, 4) is 0 Å². The minimum atomic E-state index is -0.277. The molecule has 1 fully saturated rings. The molecule has 0 saturated carbocycles. The van der Waals surface area contributed by atoms with Gasteiger partial charge >= 0.3 is 0 Å². The Balaban J connectivity index is 1.44. The van der Waals surface area contributed by atoms with Gasteiger partial charge in [-0.3, -0.25) is 9.59 Å². The molecule has 1 aliphatic heterocycles. The van der Waals surface area contributed by atoms with Gasteiger partial charge < -0.3 is 14.3 Å². The van der Waals surface area contributed by atoms with Gasteiger partial charge in [0.2, 0.25) is 5.56 Å². The van der Waals surface area contributed by atoms with Crippen LogP contribution in [0.5, 0.6) is 0 Å². The van der Waals surface area contributed by atoms with Crippen LogP contribution in [0.3, 0.4) is 0 Å². The van der Waals surface area contributed by atoms with Gasteiger partial charge in [0, 0.05) is 31.8 Å². The van der Waals surface area contributed by atoms with Crippen molar-refractivity contribution in [2.75, 3.05) is 13.1 Å². The van der Waals surface area contributed by atoms with Gasteiger partial charge in [0.05, 0.1) is 17.7 Å². The number of pyridine rings is 1. The van der Waals surface area contributed by atoms with Crippen LogP contribution in [0.15, 0.2) is 58.0 Å². The second-order valence-electron chi connectivity index (χ2n) is 7.00. The highest BCUT2D eigenvalue weighted by atomic mass is 19.1. The first-order valence-corrected chi connectivity index (χ1v) is 9.25. The first kappa shape index (κ1) is 18.2. The summed E-state index contributed by atoms with van der Waals surface area (Å²) in [6.45, 7) is 1.17. The van der Waals surface area contributed by atoms with Crippen LogP contribution in [0.2, 0.25) is 0 Å². The predicted molar refractivity (Wildman–Crippen MR) is 101 cm³/mol. The average Bonchev–Trinajstić information content (AvgIpc) is 3.17. The number of amides is 1. The fourth-order valence-electron chi connectivity index (χ4n) is 3.53. The molecular weight excluding hydrogens is 361 g/mol. The van der Waals surface area contributed by atoms with Crippen LogP contribution in [-0.2, 0) is 6.42 Å². The molecule has 1 aromatic carbocycles. The van der Waals surface area contributed by atoms with E-state index < -0.39 is 0 Å². The number of aromatic nitrogens is 2. The van der Waals surface area contributed by atoms with Crippen molar-refractivity contribution in [1.29, 1.82) is 0 Å². The number of hydrogen-bond donors (Lipinski definition) is 1. The van der Waals surface area contributed by atoms with Gasteiger partial charge in [-0.1, -0.05) is 12.1 Å². The van der Waals surface area contributed by atoms with Gasteiger partial charge in [0.1, 0.15) is 11.6 Å². The molecule has 6 nitrogen and oxygen atoms in total. The maximum Gasteiger partial charge on any atom is 0.255 e. The van der Waals surface area contributed by atoms with E-state index in [0.29, 0.717) is 36.7 Å². The second kappa shape index (κ2) is 7.80. The maximum atomic E-state index is 13.3. The zero-order chi connectivity index (χ0) is 19.5. The maximum absolute atomic E-state index is 13.3. The Kier molecular flexibility index (Phi) is 5.06. The number of nitrogens with zero attached hydrogens (tertiary/aromatic N) is 2. The largest absolute Gasteiger partial charge is 0.445 e. The lowest BCUT2D eigenvalue weighted by atomic mass is 9.97. The van der Waals surface area contributed by atoms with E-state index in [-0.39, 0.29) is 23.2 Å². The van der Waals surface area contributed by atoms with Crippen molar-refractivity contribution < 1.29 is 13.6 Å². The number of oxazole rings is 1. The molecule has 3 aromatic rings. The second-order valence-corrected chi connectivity index (χ2v) is 7.00. The summed E-state index contributed by atoms with van der Waals surface area (Å²) < 4.78 is 19.2. The number of hydrogen-bond acceptors (Lipinski definition) is 4. The molecule has 0 spiro atoms. The van der Waals surface area contributed by atoms with Gasteiger partial charge in [0.15, 0.2) is 5.89 Å². The Morgan fingerprint density at radius 2 is 2.21 bits per heavy atom. The molecule has 0 unspecified atom stereocenters. The Morgan fingerprint density at radius 1 is 1.32 bits per heavy atom. The lowest BCUT2D eigenvalue weighted by Crippen LogP contribution is -2.39. The van der Waals surface area contributed by atoms with E-state index in [2.05, 4.69) is 9.97 Å². The van der Waals surface area contributed by atoms with E-state index in [0.717, 1.165) is 18.4 Å². The minimum absolute atomic E-state index is 0.0155. The summed E-state index contributed by atoms with van der Waals surface area (Å²) in [6, 6.07) is 9.28.